The van der Waals surface area contributed by atoms with Gasteiger partial charge in [-0.3, -0.25) is 4.79 Å². The zero-order valence-corrected chi connectivity index (χ0v) is 12.4. The Morgan fingerprint density at radius 2 is 2.05 bits per heavy atom. The van der Waals surface area contributed by atoms with E-state index in [1.165, 1.54) is 25.4 Å². The summed E-state index contributed by atoms with van der Waals surface area (Å²) in [5.41, 5.74) is 6.29. The summed E-state index contributed by atoms with van der Waals surface area (Å²) >= 11 is 1.18. The summed E-state index contributed by atoms with van der Waals surface area (Å²) in [7, 11) is 5.19. The Balaban J connectivity index is 3.04. The Hall–Kier alpha value is -1.60. The minimum atomic E-state index is -0.534. The molecule has 0 atom stereocenters. The second-order valence-electron chi connectivity index (χ2n) is 4.33. The maximum atomic E-state index is 11.7. The monoisotopic (exact) mass is 285 g/mol. The van der Waals surface area contributed by atoms with E-state index in [1.807, 2.05) is 19.0 Å². The van der Waals surface area contributed by atoms with Crippen LogP contribution in [0.15, 0.2) is 0 Å². The van der Waals surface area contributed by atoms with Gasteiger partial charge < -0.3 is 20.7 Å². The van der Waals surface area contributed by atoms with E-state index in [9.17, 15) is 9.59 Å². The lowest BCUT2D eigenvalue weighted by molar-refractivity contribution is 0.0603. The number of hydrogen-bond acceptors (Lipinski definition) is 7. The summed E-state index contributed by atoms with van der Waals surface area (Å²) in [5, 5.41) is 3.70. The van der Waals surface area contributed by atoms with Crippen molar-refractivity contribution in [1.29, 1.82) is 0 Å². The third-order valence-electron chi connectivity index (χ3n) is 2.50. The molecule has 0 aliphatic heterocycles. The quantitative estimate of drug-likeness (QED) is 0.605. The van der Waals surface area contributed by atoms with Gasteiger partial charge in [0.1, 0.15) is 10.6 Å². The molecule has 1 rings (SSSR count). The highest BCUT2D eigenvalue weighted by atomic mass is 32.1. The van der Waals surface area contributed by atoms with Crippen molar-refractivity contribution in [3.63, 3.8) is 0 Å². The summed E-state index contributed by atoms with van der Waals surface area (Å²) in [6.07, 6.45) is 0. The predicted octanol–water partition coefficient (Wildman–Crippen LogP) is 1.29. The Morgan fingerprint density at radius 3 is 2.53 bits per heavy atom. The van der Waals surface area contributed by atoms with Gasteiger partial charge in [-0.05, 0) is 14.1 Å². The molecule has 0 fully saturated rings. The summed E-state index contributed by atoms with van der Waals surface area (Å²) in [4.78, 5) is 25.6. The number of Topliss-reactive ketones (excluding diaryl/α,β-unsaturated/α-hetero) is 1. The van der Waals surface area contributed by atoms with Gasteiger partial charge in [0.15, 0.2) is 5.78 Å². The van der Waals surface area contributed by atoms with Crippen molar-refractivity contribution in [2.45, 2.75) is 6.92 Å². The molecular weight excluding hydrogens is 266 g/mol. The Bertz CT molecular complexity index is 483. The number of esters is 1. The molecule has 1 aromatic rings. The van der Waals surface area contributed by atoms with Crippen molar-refractivity contribution >= 4 is 33.8 Å². The molecule has 0 bridgehead atoms. The molecule has 0 saturated heterocycles. The number of nitrogens with zero attached hydrogens (tertiary/aromatic N) is 1. The van der Waals surface area contributed by atoms with E-state index >= 15 is 0 Å². The molecule has 0 aliphatic rings. The van der Waals surface area contributed by atoms with Gasteiger partial charge in [-0.25, -0.2) is 4.79 Å². The molecule has 0 saturated carbocycles. The van der Waals surface area contributed by atoms with E-state index in [0.717, 1.165) is 6.54 Å². The number of nitrogens with two attached hydrogens (primary N) is 1. The second-order valence-corrected chi connectivity index (χ2v) is 5.35. The average Bonchev–Trinajstić information content (AvgIpc) is 2.65. The number of ether oxygens (including phenoxy) is 1. The summed E-state index contributed by atoms with van der Waals surface area (Å²) in [6.45, 7) is 2.87. The van der Waals surface area contributed by atoms with E-state index in [0.29, 0.717) is 16.4 Å². The first-order valence-electron chi connectivity index (χ1n) is 5.78. The van der Waals surface area contributed by atoms with Crippen LogP contribution in [0, 0.1) is 0 Å². The largest absolute Gasteiger partial charge is 0.465 e. The highest BCUT2D eigenvalue weighted by Crippen LogP contribution is 2.36. The minimum Gasteiger partial charge on any atom is -0.465 e. The SMILES string of the molecule is COC(=O)c1c(NCCN(C)C)sc(C(C)=O)c1N. The van der Waals surface area contributed by atoms with E-state index in [1.54, 1.807) is 0 Å². The van der Waals surface area contributed by atoms with Crippen molar-refractivity contribution < 1.29 is 14.3 Å². The van der Waals surface area contributed by atoms with Gasteiger partial charge in [-0.1, -0.05) is 0 Å². The van der Waals surface area contributed by atoms with Crippen molar-refractivity contribution in [3.8, 4) is 0 Å². The van der Waals surface area contributed by atoms with E-state index in [2.05, 4.69) is 5.32 Å². The number of nitrogens with one attached hydrogen (secondary N) is 1. The topological polar surface area (TPSA) is 84.7 Å². The predicted molar refractivity (Wildman–Crippen MR) is 77.1 cm³/mol. The molecule has 7 heteroatoms. The zero-order valence-electron chi connectivity index (χ0n) is 11.6. The minimum absolute atomic E-state index is 0.159. The van der Waals surface area contributed by atoms with Gasteiger partial charge >= 0.3 is 5.97 Å². The van der Waals surface area contributed by atoms with Gasteiger partial charge in [0, 0.05) is 20.0 Å². The van der Waals surface area contributed by atoms with Gasteiger partial charge in [-0.15, -0.1) is 11.3 Å². The standard InChI is InChI=1S/C12H19N3O3S/c1-7(16)10-9(13)8(12(17)18-4)11(19-10)14-5-6-15(2)3/h14H,5-6,13H2,1-4H3. The maximum absolute atomic E-state index is 11.7. The molecule has 0 amide bonds. The first-order valence-corrected chi connectivity index (χ1v) is 6.60. The van der Waals surface area contributed by atoms with Crippen molar-refractivity contribution in [2.75, 3.05) is 45.3 Å². The fourth-order valence-corrected chi connectivity index (χ4v) is 2.56. The van der Waals surface area contributed by atoms with Crippen molar-refractivity contribution in [3.05, 3.63) is 10.4 Å². The molecule has 3 N–H and O–H groups in total. The van der Waals surface area contributed by atoms with Gasteiger partial charge in [0.25, 0.3) is 0 Å². The molecule has 0 aromatic carbocycles. The molecule has 0 unspecified atom stereocenters. The first kappa shape index (κ1) is 15.5. The van der Waals surface area contributed by atoms with Crippen LogP contribution in [0.3, 0.4) is 0 Å². The van der Waals surface area contributed by atoms with Gasteiger partial charge in [0.2, 0.25) is 0 Å². The molecule has 0 spiro atoms. The number of rotatable bonds is 6. The van der Waals surface area contributed by atoms with Crippen LogP contribution in [0.25, 0.3) is 0 Å². The molecule has 19 heavy (non-hydrogen) atoms. The fourth-order valence-electron chi connectivity index (χ4n) is 1.53. The summed E-state index contributed by atoms with van der Waals surface area (Å²) in [5.74, 6) is -0.693. The zero-order chi connectivity index (χ0) is 14.6. The molecule has 6 nitrogen and oxygen atoms in total. The number of anilines is 2. The summed E-state index contributed by atoms with van der Waals surface area (Å²) < 4.78 is 4.70. The lowest BCUT2D eigenvalue weighted by Gasteiger charge is -2.11. The Labute approximate surface area is 116 Å². The van der Waals surface area contributed by atoms with Gasteiger partial charge in [0.05, 0.1) is 17.7 Å². The van der Waals surface area contributed by atoms with Crippen LogP contribution in [0.5, 0.6) is 0 Å². The van der Waals surface area contributed by atoms with Gasteiger partial charge in [-0.2, -0.15) is 0 Å². The molecule has 106 valence electrons. The van der Waals surface area contributed by atoms with E-state index in [-0.39, 0.29) is 17.0 Å². The lowest BCUT2D eigenvalue weighted by Crippen LogP contribution is -2.21. The van der Waals surface area contributed by atoms with Crippen molar-refractivity contribution in [1.82, 2.24) is 4.90 Å². The van der Waals surface area contributed by atoms with E-state index in [4.69, 9.17) is 10.5 Å². The second kappa shape index (κ2) is 6.53. The first-order chi connectivity index (χ1) is 8.88. The molecule has 1 aromatic heterocycles. The fraction of sp³-hybridized carbons (Fsp3) is 0.500. The number of hydrogen-bond donors (Lipinski definition) is 2. The number of likely N-dealkylation sites (N-methyl/N-ethyl adjacent to an activating group) is 1. The van der Waals surface area contributed by atoms with Crippen LogP contribution in [0.1, 0.15) is 27.0 Å². The van der Waals surface area contributed by atoms with Crippen LogP contribution >= 0.6 is 11.3 Å². The number of nitrogen functional groups attached to an aromatic ring is 1. The van der Waals surface area contributed by atoms with Crippen LogP contribution in [-0.2, 0) is 4.74 Å². The Kier molecular flexibility index (Phi) is 5.31. The van der Waals surface area contributed by atoms with E-state index < -0.39 is 5.97 Å². The van der Waals surface area contributed by atoms with Crippen LogP contribution < -0.4 is 11.1 Å². The number of methoxy groups -OCH3 is 1. The molecule has 0 radical (unpaired) electrons. The lowest BCUT2D eigenvalue weighted by atomic mass is 10.2. The maximum Gasteiger partial charge on any atom is 0.343 e. The smallest absolute Gasteiger partial charge is 0.343 e. The van der Waals surface area contributed by atoms with Crippen LogP contribution in [0.4, 0.5) is 10.7 Å². The number of carbonyl (C=O) groups excluding carboxylic acids is 2. The average molecular weight is 285 g/mol. The number of ketones is 1. The Morgan fingerprint density at radius 1 is 1.42 bits per heavy atom. The third-order valence-corrected chi connectivity index (χ3v) is 3.76. The molecule has 1 heterocycles. The van der Waals surface area contributed by atoms with Crippen LogP contribution in [0.2, 0.25) is 0 Å². The highest BCUT2D eigenvalue weighted by molar-refractivity contribution is 7.19. The highest BCUT2D eigenvalue weighted by Gasteiger charge is 2.24. The number of thiophene rings is 1. The third kappa shape index (κ3) is 3.68. The van der Waals surface area contributed by atoms with Crippen molar-refractivity contribution in [2.24, 2.45) is 0 Å². The summed E-state index contributed by atoms with van der Waals surface area (Å²) in [6, 6.07) is 0. The normalized spacial score (nSPS) is 10.6. The van der Waals surface area contributed by atoms with Crippen LogP contribution in [-0.4, -0.2) is 50.9 Å². The molecule has 0 aliphatic carbocycles. The number of carbonyl (C=O) groups is 2. The molecular formula is C12H19N3O3S.